The van der Waals surface area contributed by atoms with E-state index in [1.807, 2.05) is 6.92 Å². The lowest BCUT2D eigenvalue weighted by molar-refractivity contribution is 0.0671. The zero-order valence-electron chi connectivity index (χ0n) is 7.68. The van der Waals surface area contributed by atoms with Crippen molar-refractivity contribution in [1.82, 2.24) is 5.32 Å². The van der Waals surface area contributed by atoms with Crippen LogP contribution in [0.15, 0.2) is 0 Å². The molecule has 0 amide bonds. The summed E-state index contributed by atoms with van der Waals surface area (Å²) >= 11 is 0. The van der Waals surface area contributed by atoms with Crippen molar-refractivity contribution >= 4 is 0 Å². The van der Waals surface area contributed by atoms with Gasteiger partial charge in [0.15, 0.2) is 0 Å². The molecule has 1 rings (SSSR count). The first-order valence-electron chi connectivity index (χ1n) is 4.79. The summed E-state index contributed by atoms with van der Waals surface area (Å²) in [6, 6.07) is 0.0434. The van der Waals surface area contributed by atoms with Crippen LogP contribution in [-0.2, 0) is 4.74 Å². The molecule has 72 valence electrons. The van der Waals surface area contributed by atoms with Crippen LogP contribution >= 0.6 is 0 Å². The van der Waals surface area contributed by atoms with Gasteiger partial charge in [-0.1, -0.05) is 6.92 Å². The lowest BCUT2D eigenvalue weighted by Gasteiger charge is -2.15. The van der Waals surface area contributed by atoms with Crippen LogP contribution in [0.25, 0.3) is 0 Å². The van der Waals surface area contributed by atoms with Crippen molar-refractivity contribution in [3.63, 3.8) is 0 Å². The highest BCUT2D eigenvalue weighted by atomic mass is 19.1. The summed E-state index contributed by atoms with van der Waals surface area (Å²) in [6.45, 7) is 3.92. The molecular weight excluding hydrogens is 157 g/mol. The fourth-order valence-electron chi connectivity index (χ4n) is 1.48. The van der Waals surface area contributed by atoms with Gasteiger partial charge in [-0.3, -0.25) is 0 Å². The van der Waals surface area contributed by atoms with Crippen molar-refractivity contribution in [3.05, 3.63) is 0 Å². The normalized spacial score (nSPS) is 26.0. The van der Waals surface area contributed by atoms with Crippen molar-refractivity contribution in [2.45, 2.75) is 38.4 Å². The Kier molecular flexibility index (Phi) is 4.54. The lowest BCUT2D eigenvalue weighted by atomic mass is 10.1. The molecule has 0 radical (unpaired) electrons. The Balaban J connectivity index is 2.05. The van der Waals surface area contributed by atoms with Gasteiger partial charge in [-0.05, 0) is 25.8 Å². The first-order chi connectivity index (χ1) is 5.84. The molecule has 1 fully saturated rings. The first kappa shape index (κ1) is 9.93. The standard InChI is InChI=1S/C9H18FNO/c1-2-6-12-7-8(10)9-4-3-5-11-9/h8-9,11H,2-7H2,1H3. The number of nitrogens with one attached hydrogen (secondary N) is 1. The predicted molar refractivity (Wildman–Crippen MR) is 47.0 cm³/mol. The highest BCUT2D eigenvalue weighted by molar-refractivity contribution is 4.81. The predicted octanol–water partition coefficient (Wildman–Crippen LogP) is 1.50. The van der Waals surface area contributed by atoms with E-state index in [-0.39, 0.29) is 12.6 Å². The smallest absolute Gasteiger partial charge is 0.139 e. The van der Waals surface area contributed by atoms with Crippen LogP contribution in [0, 0.1) is 0 Å². The van der Waals surface area contributed by atoms with Crippen molar-refractivity contribution in [2.24, 2.45) is 0 Å². The molecule has 2 nitrogen and oxygen atoms in total. The quantitative estimate of drug-likeness (QED) is 0.639. The summed E-state index contributed by atoms with van der Waals surface area (Å²) < 4.78 is 18.4. The average molecular weight is 175 g/mol. The molecule has 0 aromatic rings. The van der Waals surface area contributed by atoms with Crippen molar-refractivity contribution in [3.8, 4) is 0 Å². The Labute approximate surface area is 73.5 Å². The summed E-state index contributed by atoms with van der Waals surface area (Å²) in [7, 11) is 0. The number of hydrogen-bond acceptors (Lipinski definition) is 2. The van der Waals surface area contributed by atoms with Crippen LogP contribution in [-0.4, -0.2) is 32.0 Å². The maximum Gasteiger partial charge on any atom is 0.139 e. The highest BCUT2D eigenvalue weighted by Gasteiger charge is 2.23. The summed E-state index contributed by atoms with van der Waals surface area (Å²) in [4.78, 5) is 0. The van der Waals surface area contributed by atoms with Gasteiger partial charge in [0.1, 0.15) is 6.17 Å². The van der Waals surface area contributed by atoms with Gasteiger partial charge in [-0.15, -0.1) is 0 Å². The number of halogens is 1. The van der Waals surface area contributed by atoms with Crippen LogP contribution in [0.4, 0.5) is 4.39 Å². The molecule has 3 heteroatoms. The molecule has 0 aromatic heterocycles. The maximum absolute atomic E-state index is 13.2. The van der Waals surface area contributed by atoms with E-state index in [0.29, 0.717) is 6.61 Å². The Morgan fingerprint density at radius 2 is 2.50 bits per heavy atom. The monoisotopic (exact) mass is 175 g/mol. The van der Waals surface area contributed by atoms with Gasteiger partial charge < -0.3 is 10.1 Å². The third-order valence-corrected chi connectivity index (χ3v) is 2.16. The molecule has 0 aromatic carbocycles. The summed E-state index contributed by atoms with van der Waals surface area (Å²) in [6.07, 6.45) is 2.19. The fraction of sp³-hybridized carbons (Fsp3) is 1.00. The van der Waals surface area contributed by atoms with E-state index in [1.165, 1.54) is 0 Å². The first-order valence-corrected chi connectivity index (χ1v) is 4.79. The van der Waals surface area contributed by atoms with Crippen molar-refractivity contribution in [2.75, 3.05) is 19.8 Å². The van der Waals surface area contributed by atoms with E-state index in [1.54, 1.807) is 0 Å². The highest BCUT2D eigenvalue weighted by Crippen LogP contribution is 2.12. The molecule has 0 saturated carbocycles. The van der Waals surface area contributed by atoms with Gasteiger partial charge in [-0.25, -0.2) is 4.39 Å². The topological polar surface area (TPSA) is 21.3 Å². The largest absolute Gasteiger partial charge is 0.378 e. The molecule has 1 aliphatic rings. The number of hydrogen-bond donors (Lipinski definition) is 1. The summed E-state index contributed by atoms with van der Waals surface area (Å²) in [5.41, 5.74) is 0. The number of rotatable bonds is 5. The fourth-order valence-corrected chi connectivity index (χ4v) is 1.48. The number of ether oxygens (including phenoxy) is 1. The Morgan fingerprint density at radius 1 is 1.67 bits per heavy atom. The molecule has 1 N–H and O–H groups in total. The lowest BCUT2D eigenvalue weighted by Crippen LogP contribution is -2.34. The van der Waals surface area contributed by atoms with Crippen LogP contribution < -0.4 is 5.32 Å². The van der Waals surface area contributed by atoms with Crippen molar-refractivity contribution < 1.29 is 9.13 Å². The number of alkyl halides is 1. The van der Waals surface area contributed by atoms with Crippen LogP contribution in [0.3, 0.4) is 0 Å². The van der Waals surface area contributed by atoms with E-state index in [4.69, 9.17) is 4.74 Å². The molecular formula is C9H18FNO. The third kappa shape index (κ3) is 3.07. The average Bonchev–Trinajstić information content (AvgIpc) is 2.56. The summed E-state index contributed by atoms with van der Waals surface area (Å²) in [5.74, 6) is 0. The van der Waals surface area contributed by atoms with E-state index in [0.717, 1.165) is 25.8 Å². The van der Waals surface area contributed by atoms with E-state index >= 15 is 0 Å². The van der Waals surface area contributed by atoms with E-state index < -0.39 is 6.17 Å². The minimum absolute atomic E-state index is 0.0434. The zero-order valence-corrected chi connectivity index (χ0v) is 7.68. The van der Waals surface area contributed by atoms with E-state index in [9.17, 15) is 4.39 Å². The molecule has 12 heavy (non-hydrogen) atoms. The van der Waals surface area contributed by atoms with Crippen LogP contribution in [0.5, 0.6) is 0 Å². The minimum atomic E-state index is -0.820. The van der Waals surface area contributed by atoms with Gasteiger partial charge in [0, 0.05) is 12.6 Å². The Hall–Kier alpha value is -0.150. The third-order valence-electron chi connectivity index (χ3n) is 2.16. The zero-order chi connectivity index (χ0) is 8.81. The molecule has 2 atom stereocenters. The van der Waals surface area contributed by atoms with Gasteiger partial charge in [0.2, 0.25) is 0 Å². The summed E-state index contributed by atoms with van der Waals surface area (Å²) in [5, 5.41) is 3.13. The van der Waals surface area contributed by atoms with Gasteiger partial charge in [0.05, 0.1) is 6.61 Å². The Bertz CT molecular complexity index is 115. The molecule has 1 aliphatic heterocycles. The second-order valence-electron chi connectivity index (χ2n) is 3.29. The molecule has 0 spiro atoms. The van der Waals surface area contributed by atoms with Gasteiger partial charge in [-0.2, -0.15) is 0 Å². The Morgan fingerprint density at radius 3 is 3.08 bits per heavy atom. The van der Waals surface area contributed by atoms with Gasteiger partial charge in [0.25, 0.3) is 0 Å². The van der Waals surface area contributed by atoms with Crippen LogP contribution in [0.2, 0.25) is 0 Å². The van der Waals surface area contributed by atoms with E-state index in [2.05, 4.69) is 5.32 Å². The minimum Gasteiger partial charge on any atom is -0.378 e. The molecule has 1 heterocycles. The second-order valence-corrected chi connectivity index (χ2v) is 3.29. The molecule has 0 aliphatic carbocycles. The second kappa shape index (κ2) is 5.49. The molecule has 0 bridgehead atoms. The van der Waals surface area contributed by atoms with Gasteiger partial charge >= 0.3 is 0 Å². The van der Waals surface area contributed by atoms with Crippen molar-refractivity contribution in [1.29, 1.82) is 0 Å². The maximum atomic E-state index is 13.2. The van der Waals surface area contributed by atoms with Crippen LogP contribution in [0.1, 0.15) is 26.2 Å². The molecule has 1 saturated heterocycles. The SMILES string of the molecule is CCCOCC(F)C1CCCN1. The molecule has 2 unspecified atom stereocenters.